The fourth-order valence-electron chi connectivity index (χ4n) is 4.49. The van der Waals surface area contributed by atoms with Crippen molar-refractivity contribution in [2.24, 2.45) is 4.99 Å². The second-order valence-electron chi connectivity index (χ2n) is 9.73. The Morgan fingerprint density at radius 1 is 1.17 bits per heavy atom. The highest BCUT2D eigenvalue weighted by atomic mass is 19.1. The zero-order valence-corrected chi connectivity index (χ0v) is 19.8. The van der Waals surface area contributed by atoms with Crippen LogP contribution in [0, 0.1) is 5.82 Å². The maximum Gasteiger partial charge on any atom is 0.413 e. The lowest BCUT2D eigenvalue weighted by Gasteiger charge is -2.40. The quantitative estimate of drug-likeness (QED) is 0.615. The zero-order chi connectivity index (χ0) is 24.8. The molecule has 184 valence electrons. The Labute approximate surface area is 202 Å². The number of aliphatic imine (C=N–C) groups is 1. The summed E-state index contributed by atoms with van der Waals surface area (Å²) < 4.78 is 38.2. The van der Waals surface area contributed by atoms with Gasteiger partial charge in [0.15, 0.2) is 11.6 Å². The third-order valence-corrected chi connectivity index (χ3v) is 5.91. The summed E-state index contributed by atoms with van der Waals surface area (Å²) in [4.78, 5) is 17.3. The SMILES string of the molecule is CC(C)(C)OC(=O)NC1=N[C@@]2(COC1)c1cc(O)ccc1Oc1c(F)cc(C3=CCCOC3)cc12. The summed E-state index contributed by atoms with van der Waals surface area (Å²) in [6.45, 7) is 6.35. The number of amidine groups is 1. The van der Waals surface area contributed by atoms with Crippen LogP contribution in [0.2, 0.25) is 0 Å². The van der Waals surface area contributed by atoms with Crippen LogP contribution in [0.25, 0.3) is 5.57 Å². The van der Waals surface area contributed by atoms with Crippen molar-refractivity contribution < 1.29 is 33.2 Å². The van der Waals surface area contributed by atoms with Gasteiger partial charge in [0.05, 0.1) is 19.8 Å². The van der Waals surface area contributed by atoms with E-state index in [1.807, 2.05) is 12.1 Å². The van der Waals surface area contributed by atoms with Gasteiger partial charge in [0.2, 0.25) is 0 Å². The number of amides is 1. The number of fused-ring (bicyclic) bond motifs is 4. The number of nitrogens with zero attached hydrogens (tertiary/aromatic N) is 1. The molecule has 0 radical (unpaired) electrons. The van der Waals surface area contributed by atoms with Crippen LogP contribution in [0.3, 0.4) is 0 Å². The number of nitrogens with one attached hydrogen (secondary N) is 1. The van der Waals surface area contributed by atoms with Crippen LogP contribution in [-0.2, 0) is 19.7 Å². The fraction of sp³-hybridized carbons (Fsp3) is 0.385. The average molecular weight is 483 g/mol. The van der Waals surface area contributed by atoms with Crippen molar-refractivity contribution in [3.8, 4) is 17.2 Å². The molecule has 2 N–H and O–H groups in total. The third-order valence-electron chi connectivity index (χ3n) is 5.91. The van der Waals surface area contributed by atoms with Crippen molar-refractivity contribution in [2.45, 2.75) is 38.3 Å². The monoisotopic (exact) mass is 482 g/mol. The Kier molecular flexibility index (Phi) is 5.77. The molecule has 0 saturated carbocycles. The number of ether oxygens (including phenoxy) is 4. The lowest BCUT2D eigenvalue weighted by atomic mass is 9.79. The molecule has 0 aromatic heterocycles. The second-order valence-corrected chi connectivity index (χ2v) is 9.73. The molecule has 5 rings (SSSR count). The molecule has 1 spiro atoms. The number of aromatic hydroxyl groups is 1. The molecule has 0 unspecified atom stereocenters. The summed E-state index contributed by atoms with van der Waals surface area (Å²) >= 11 is 0. The minimum Gasteiger partial charge on any atom is -0.508 e. The Bertz CT molecular complexity index is 1250. The number of alkyl carbamates (subject to hydrolysis) is 1. The van der Waals surface area contributed by atoms with Gasteiger partial charge in [0, 0.05) is 11.1 Å². The number of halogens is 1. The van der Waals surface area contributed by atoms with Crippen LogP contribution in [-0.4, -0.2) is 49.1 Å². The van der Waals surface area contributed by atoms with Crippen LogP contribution < -0.4 is 10.1 Å². The molecular weight excluding hydrogens is 455 g/mol. The molecule has 3 aliphatic rings. The smallest absolute Gasteiger partial charge is 0.413 e. The summed E-state index contributed by atoms with van der Waals surface area (Å²) in [7, 11) is 0. The number of rotatable bonds is 1. The van der Waals surface area contributed by atoms with E-state index < -0.39 is 23.1 Å². The largest absolute Gasteiger partial charge is 0.508 e. The van der Waals surface area contributed by atoms with E-state index in [0.717, 1.165) is 12.0 Å². The number of carbonyl (C=O) groups is 1. The highest BCUT2D eigenvalue weighted by Gasteiger charge is 2.46. The summed E-state index contributed by atoms with van der Waals surface area (Å²) in [5.41, 5.74) is 0.475. The fourth-order valence-corrected chi connectivity index (χ4v) is 4.49. The first-order valence-electron chi connectivity index (χ1n) is 11.4. The molecule has 8 nitrogen and oxygen atoms in total. The molecule has 3 aliphatic heterocycles. The molecule has 1 atom stereocenters. The Hall–Kier alpha value is -3.43. The Balaban J connectivity index is 1.66. The van der Waals surface area contributed by atoms with Crippen LogP contribution in [0.15, 0.2) is 41.4 Å². The molecular formula is C26H27FN2O6. The van der Waals surface area contributed by atoms with E-state index in [9.17, 15) is 9.90 Å². The number of benzene rings is 2. The van der Waals surface area contributed by atoms with Gasteiger partial charge in [0.25, 0.3) is 0 Å². The highest BCUT2D eigenvalue weighted by molar-refractivity contribution is 5.97. The van der Waals surface area contributed by atoms with Gasteiger partial charge in [-0.15, -0.1) is 0 Å². The number of hydrogen-bond acceptors (Lipinski definition) is 7. The third kappa shape index (κ3) is 4.49. The molecule has 9 heteroatoms. The van der Waals surface area contributed by atoms with Crippen molar-refractivity contribution >= 4 is 17.5 Å². The van der Waals surface area contributed by atoms with Crippen molar-refractivity contribution in [2.75, 3.05) is 26.4 Å². The van der Waals surface area contributed by atoms with Crippen LogP contribution in [0.5, 0.6) is 17.2 Å². The molecule has 0 saturated heterocycles. The highest BCUT2D eigenvalue weighted by Crippen LogP contribution is 2.52. The Morgan fingerprint density at radius 2 is 2.00 bits per heavy atom. The van der Waals surface area contributed by atoms with Crippen molar-refractivity contribution in [1.29, 1.82) is 0 Å². The summed E-state index contributed by atoms with van der Waals surface area (Å²) in [6, 6.07) is 7.78. The maximum absolute atomic E-state index is 15.5. The van der Waals surface area contributed by atoms with Gasteiger partial charge in [-0.25, -0.2) is 9.18 Å². The average Bonchev–Trinajstić information content (AvgIpc) is 2.80. The molecule has 2 aromatic rings. The van der Waals surface area contributed by atoms with E-state index >= 15 is 4.39 Å². The molecule has 35 heavy (non-hydrogen) atoms. The first-order valence-corrected chi connectivity index (χ1v) is 11.4. The number of carbonyl (C=O) groups excluding carboxylic acids is 1. The van der Waals surface area contributed by atoms with Crippen molar-refractivity contribution in [1.82, 2.24) is 5.32 Å². The van der Waals surface area contributed by atoms with Gasteiger partial charge in [-0.05, 0) is 68.7 Å². The van der Waals surface area contributed by atoms with Crippen LogP contribution >= 0.6 is 0 Å². The van der Waals surface area contributed by atoms with Gasteiger partial charge in [-0.3, -0.25) is 10.3 Å². The number of hydrogen-bond donors (Lipinski definition) is 2. The first kappa shape index (κ1) is 23.3. The van der Waals surface area contributed by atoms with Gasteiger partial charge < -0.3 is 24.1 Å². The van der Waals surface area contributed by atoms with E-state index in [4.69, 9.17) is 23.9 Å². The molecule has 1 amide bonds. The predicted octanol–water partition coefficient (Wildman–Crippen LogP) is 4.64. The van der Waals surface area contributed by atoms with Crippen molar-refractivity contribution in [3.63, 3.8) is 0 Å². The van der Waals surface area contributed by atoms with Gasteiger partial charge >= 0.3 is 6.09 Å². The lowest BCUT2D eigenvalue weighted by molar-refractivity contribution is 0.0545. The van der Waals surface area contributed by atoms with Crippen molar-refractivity contribution in [3.05, 3.63) is 58.9 Å². The van der Waals surface area contributed by atoms with E-state index in [0.29, 0.717) is 35.7 Å². The summed E-state index contributed by atoms with van der Waals surface area (Å²) in [5.74, 6) is 0.0314. The van der Waals surface area contributed by atoms with Gasteiger partial charge in [0.1, 0.15) is 35.1 Å². The van der Waals surface area contributed by atoms with Gasteiger partial charge in [-0.2, -0.15) is 0 Å². The van der Waals surface area contributed by atoms with E-state index in [1.165, 1.54) is 18.2 Å². The Morgan fingerprint density at radius 3 is 2.74 bits per heavy atom. The predicted molar refractivity (Wildman–Crippen MR) is 126 cm³/mol. The van der Waals surface area contributed by atoms with E-state index in [1.54, 1.807) is 26.8 Å². The topological polar surface area (TPSA) is 98.6 Å². The van der Waals surface area contributed by atoms with E-state index in [-0.39, 0.29) is 30.5 Å². The summed E-state index contributed by atoms with van der Waals surface area (Å²) in [5, 5.41) is 12.9. The molecule has 0 aliphatic carbocycles. The van der Waals surface area contributed by atoms with Crippen LogP contribution in [0.1, 0.15) is 43.9 Å². The zero-order valence-electron chi connectivity index (χ0n) is 19.8. The first-order chi connectivity index (χ1) is 16.6. The summed E-state index contributed by atoms with van der Waals surface area (Å²) in [6.07, 6.45) is 2.08. The second kappa shape index (κ2) is 8.66. The van der Waals surface area contributed by atoms with Gasteiger partial charge in [-0.1, -0.05) is 6.08 Å². The minimum atomic E-state index is -1.27. The maximum atomic E-state index is 15.5. The lowest BCUT2D eigenvalue weighted by Crippen LogP contribution is -2.46. The molecule has 0 bridgehead atoms. The normalized spacial score (nSPS) is 21.3. The minimum absolute atomic E-state index is 0.00221. The molecule has 2 aromatic carbocycles. The molecule has 3 heterocycles. The van der Waals surface area contributed by atoms with Crippen LogP contribution in [0.4, 0.5) is 9.18 Å². The number of phenolic OH excluding ortho intramolecular Hbond substituents is 1. The standard InChI is InChI=1S/C26H27FN2O6/c1-25(2,3)35-24(31)28-22-13-33-14-26(29-22)18-11-17(30)6-7-21(18)34-23-19(26)9-16(10-20(23)27)15-5-4-8-32-12-15/h5-7,9-11,30H,4,8,12-14H2,1-3H3,(H,28,29,31)/t26-/m0/s1. The number of phenols is 1. The molecule has 0 fully saturated rings. The van der Waals surface area contributed by atoms with E-state index in [2.05, 4.69) is 5.32 Å².